The number of carbonyl (C=O) groups excluding carboxylic acids is 4. The molecule has 1 aliphatic rings. The lowest BCUT2D eigenvalue weighted by Crippen LogP contribution is -2.31. The zero-order valence-electron chi connectivity index (χ0n) is 21.5. The predicted octanol–water partition coefficient (Wildman–Crippen LogP) is 2.94. The van der Waals surface area contributed by atoms with Gasteiger partial charge in [0.1, 0.15) is 18.2 Å². The molecule has 2 aromatic carbocycles. The first kappa shape index (κ1) is 28.2. The number of aliphatic imine (C=N–C) groups is 1. The van der Waals surface area contributed by atoms with Crippen LogP contribution in [0.25, 0.3) is 11.1 Å². The van der Waals surface area contributed by atoms with Gasteiger partial charge in [-0.2, -0.15) is 4.99 Å². The lowest BCUT2D eigenvalue weighted by molar-refractivity contribution is -0.161. The number of esters is 2. The van der Waals surface area contributed by atoms with Crippen molar-refractivity contribution in [2.24, 2.45) is 16.6 Å². The number of rotatable bonds is 10. The van der Waals surface area contributed by atoms with Crippen molar-refractivity contribution in [1.29, 1.82) is 0 Å². The number of amidine groups is 1. The minimum atomic E-state index is -1.07. The Kier molecular flexibility index (Phi) is 9.80. The molecule has 1 saturated heterocycles. The molecule has 202 valence electrons. The van der Waals surface area contributed by atoms with Gasteiger partial charge in [0.15, 0.2) is 0 Å². The van der Waals surface area contributed by atoms with Crippen LogP contribution in [0.1, 0.15) is 39.2 Å². The number of ether oxygens (including phenoxy) is 4. The molecule has 2 aromatic rings. The quantitative estimate of drug-likeness (QED) is 0.206. The third kappa shape index (κ3) is 8.32. The second kappa shape index (κ2) is 13.2. The molecule has 3 atom stereocenters. The summed E-state index contributed by atoms with van der Waals surface area (Å²) >= 11 is 0. The third-order valence-electron chi connectivity index (χ3n) is 5.63. The third-order valence-corrected chi connectivity index (χ3v) is 5.63. The highest BCUT2D eigenvalue weighted by atomic mass is 16.7. The summed E-state index contributed by atoms with van der Waals surface area (Å²) in [5.74, 6) is -0.913. The summed E-state index contributed by atoms with van der Waals surface area (Å²) in [5, 5.41) is 2.86. The molecule has 3 rings (SSSR count). The van der Waals surface area contributed by atoms with Gasteiger partial charge < -0.3 is 30.0 Å². The second-order valence-electron chi connectivity index (χ2n) is 8.62. The lowest BCUT2D eigenvalue weighted by atomic mass is 10.0. The molecule has 0 spiro atoms. The number of hydrogen-bond acceptors (Lipinski definition) is 8. The Morgan fingerprint density at radius 1 is 1.05 bits per heavy atom. The molecule has 0 radical (unpaired) electrons. The normalized spacial score (nSPS) is 17.8. The fourth-order valence-corrected chi connectivity index (χ4v) is 3.90. The Bertz CT molecular complexity index is 1180. The van der Waals surface area contributed by atoms with Gasteiger partial charge >= 0.3 is 18.0 Å². The molecule has 0 aliphatic carbocycles. The van der Waals surface area contributed by atoms with Crippen LogP contribution in [0, 0.1) is 5.92 Å². The molecule has 1 fully saturated rings. The van der Waals surface area contributed by atoms with Crippen LogP contribution in [-0.4, -0.2) is 55.3 Å². The van der Waals surface area contributed by atoms with Crippen LogP contribution >= 0.6 is 0 Å². The summed E-state index contributed by atoms with van der Waals surface area (Å²) in [5.41, 5.74) is 8.25. The Hall–Kier alpha value is -4.41. The van der Waals surface area contributed by atoms with Crippen LogP contribution in [0.5, 0.6) is 5.75 Å². The highest BCUT2D eigenvalue weighted by Gasteiger charge is 2.34. The maximum Gasteiger partial charge on any atom is 0.438 e. The number of hydrogen-bond donors (Lipinski definition) is 2. The second-order valence-corrected chi connectivity index (χ2v) is 8.62. The molecule has 1 unspecified atom stereocenters. The maximum atomic E-state index is 12.1. The number of carbonyl (C=O) groups is 4. The smallest absolute Gasteiger partial charge is 0.438 e. The Morgan fingerprint density at radius 3 is 2.29 bits per heavy atom. The molecule has 2 amide bonds. The van der Waals surface area contributed by atoms with E-state index in [2.05, 4.69) is 10.3 Å². The fourth-order valence-electron chi connectivity index (χ4n) is 3.90. The van der Waals surface area contributed by atoms with E-state index in [0.29, 0.717) is 24.3 Å². The van der Waals surface area contributed by atoms with Crippen LogP contribution < -0.4 is 15.8 Å². The van der Waals surface area contributed by atoms with Crippen LogP contribution in [0.15, 0.2) is 53.5 Å². The first-order valence-electron chi connectivity index (χ1n) is 12.2. The van der Waals surface area contributed by atoms with E-state index >= 15 is 0 Å². The highest BCUT2D eigenvalue weighted by Crippen LogP contribution is 2.24. The number of nitrogens with one attached hydrogen (secondary N) is 1. The average molecular weight is 526 g/mol. The number of amides is 2. The molecule has 11 nitrogen and oxygen atoms in total. The minimum absolute atomic E-state index is 0.0381. The molecule has 1 aliphatic heterocycles. The van der Waals surface area contributed by atoms with Crippen LogP contribution in [0.3, 0.4) is 0 Å². The summed E-state index contributed by atoms with van der Waals surface area (Å²) in [4.78, 5) is 50.2. The van der Waals surface area contributed by atoms with Crippen molar-refractivity contribution in [3.05, 3.63) is 54.1 Å². The van der Waals surface area contributed by atoms with E-state index in [1.807, 2.05) is 36.4 Å². The minimum Gasteiger partial charge on any atom is -0.491 e. The van der Waals surface area contributed by atoms with Crippen LogP contribution in [-0.2, 0) is 28.6 Å². The van der Waals surface area contributed by atoms with E-state index in [4.69, 9.17) is 24.7 Å². The monoisotopic (exact) mass is 525 g/mol. The molecule has 11 heteroatoms. The van der Waals surface area contributed by atoms with Gasteiger partial charge in [-0.3, -0.25) is 14.4 Å². The SMILES string of the molecule is CCOC(=O)C[C@@H]1C[C@@H](COc2ccc(-c3ccc(C(N)=NC(=O)OC(C)OC(C)=O)cc3)cc2)NC1=O. The zero-order valence-corrected chi connectivity index (χ0v) is 21.5. The van der Waals surface area contributed by atoms with E-state index < -0.39 is 24.3 Å². The molecular formula is C27H31N3O8. The Morgan fingerprint density at radius 2 is 1.68 bits per heavy atom. The molecule has 0 aromatic heterocycles. The summed E-state index contributed by atoms with van der Waals surface area (Å²) in [6.45, 7) is 4.91. The van der Waals surface area contributed by atoms with Crippen LogP contribution in [0.2, 0.25) is 0 Å². The van der Waals surface area contributed by atoms with Crippen molar-refractivity contribution in [3.8, 4) is 16.9 Å². The molecule has 0 bridgehead atoms. The maximum absolute atomic E-state index is 12.1. The van der Waals surface area contributed by atoms with Gasteiger partial charge in [-0.05, 0) is 36.6 Å². The van der Waals surface area contributed by atoms with Crippen molar-refractivity contribution in [1.82, 2.24) is 5.32 Å². The van der Waals surface area contributed by atoms with E-state index in [1.54, 1.807) is 19.1 Å². The van der Waals surface area contributed by atoms with Gasteiger partial charge in [0.25, 0.3) is 0 Å². The molecule has 1 heterocycles. The Labute approximate surface area is 220 Å². The first-order valence-corrected chi connectivity index (χ1v) is 12.2. The van der Waals surface area contributed by atoms with Gasteiger partial charge in [-0.1, -0.05) is 36.4 Å². The first-order chi connectivity index (χ1) is 18.1. The average Bonchev–Trinajstić information content (AvgIpc) is 3.21. The predicted molar refractivity (Wildman–Crippen MR) is 137 cm³/mol. The van der Waals surface area contributed by atoms with Gasteiger partial charge in [0.2, 0.25) is 12.2 Å². The molecular weight excluding hydrogens is 494 g/mol. The summed E-state index contributed by atoms with van der Waals surface area (Å²) in [6, 6.07) is 14.4. The summed E-state index contributed by atoms with van der Waals surface area (Å²) in [7, 11) is 0. The molecule has 38 heavy (non-hydrogen) atoms. The van der Waals surface area contributed by atoms with Gasteiger partial charge in [-0.25, -0.2) is 4.79 Å². The van der Waals surface area contributed by atoms with Gasteiger partial charge in [0, 0.05) is 19.4 Å². The van der Waals surface area contributed by atoms with Crippen molar-refractivity contribution >= 4 is 29.8 Å². The zero-order chi connectivity index (χ0) is 27.7. The highest BCUT2D eigenvalue weighted by molar-refractivity contribution is 6.03. The summed E-state index contributed by atoms with van der Waals surface area (Å²) < 4.78 is 20.3. The van der Waals surface area contributed by atoms with E-state index in [-0.39, 0.29) is 36.8 Å². The van der Waals surface area contributed by atoms with E-state index in [0.717, 1.165) is 11.1 Å². The van der Waals surface area contributed by atoms with E-state index in [9.17, 15) is 19.2 Å². The Balaban J connectivity index is 1.51. The number of nitrogens with zero attached hydrogens (tertiary/aromatic N) is 1. The van der Waals surface area contributed by atoms with Crippen molar-refractivity contribution in [2.45, 2.75) is 45.9 Å². The standard InChI is InChI=1S/C27H31N3O8/c1-4-35-24(32)14-21-13-22(29-26(21)33)15-36-23-11-9-19(10-12-23)18-5-7-20(8-6-18)25(28)30-27(34)38-17(3)37-16(2)31/h5-12,17,21-22H,4,13-15H2,1-3H3,(H,29,33)(H2,28,30,34)/t17?,21-,22-/m0/s1. The van der Waals surface area contributed by atoms with Crippen molar-refractivity contribution in [2.75, 3.05) is 13.2 Å². The topological polar surface area (TPSA) is 156 Å². The number of benzene rings is 2. The number of nitrogens with two attached hydrogens (primary N) is 1. The lowest BCUT2D eigenvalue weighted by Gasteiger charge is -2.13. The molecule has 0 saturated carbocycles. The van der Waals surface area contributed by atoms with E-state index in [1.165, 1.54) is 13.8 Å². The fraction of sp³-hybridized carbons (Fsp3) is 0.370. The van der Waals surface area contributed by atoms with Gasteiger partial charge in [-0.15, -0.1) is 0 Å². The largest absolute Gasteiger partial charge is 0.491 e. The van der Waals surface area contributed by atoms with Gasteiger partial charge in [0.05, 0.1) is 25.0 Å². The van der Waals surface area contributed by atoms with Crippen LogP contribution in [0.4, 0.5) is 4.79 Å². The summed E-state index contributed by atoms with van der Waals surface area (Å²) in [6.07, 6.45) is -1.46. The van der Waals surface area contributed by atoms with Crippen molar-refractivity contribution in [3.63, 3.8) is 0 Å². The van der Waals surface area contributed by atoms with Crippen molar-refractivity contribution < 1.29 is 38.1 Å². The molecule has 3 N–H and O–H groups in total.